The molecule has 1 aliphatic rings. The van der Waals surface area contributed by atoms with E-state index in [1.54, 1.807) is 12.1 Å². The average Bonchev–Trinajstić information content (AvgIpc) is 2.74. The quantitative estimate of drug-likeness (QED) is 0.780. The Morgan fingerprint density at radius 1 is 1.07 bits per heavy atom. The molecule has 0 aliphatic carbocycles. The molecule has 1 amide bonds. The molecule has 2 aromatic rings. The Labute approximate surface area is 172 Å². The second-order valence-corrected chi connectivity index (χ2v) is 7.32. The van der Waals surface area contributed by atoms with Gasteiger partial charge < -0.3 is 14.5 Å². The lowest BCUT2D eigenvalue weighted by Crippen LogP contribution is -2.52. The number of nitrogens with one attached hydrogen (secondary N) is 1. The van der Waals surface area contributed by atoms with Gasteiger partial charge in [-0.1, -0.05) is 25.1 Å². The maximum Gasteiger partial charge on any atom is 0.257 e. The first kappa shape index (κ1) is 20.1. The third kappa shape index (κ3) is 5.23. The van der Waals surface area contributed by atoms with Gasteiger partial charge in [-0.25, -0.2) is 0 Å². The van der Waals surface area contributed by atoms with E-state index in [2.05, 4.69) is 29.3 Å². The van der Waals surface area contributed by atoms with Crippen LogP contribution < -0.4 is 15.0 Å². The van der Waals surface area contributed by atoms with Crippen LogP contribution in [0, 0.1) is 0 Å². The zero-order valence-electron chi connectivity index (χ0n) is 16.4. The van der Waals surface area contributed by atoms with Gasteiger partial charge in [0.25, 0.3) is 5.91 Å². The summed E-state index contributed by atoms with van der Waals surface area (Å²) >= 11 is 5.45. The van der Waals surface area contributed by atoms with E-state index in [4.69, 9.17) is 17.0 Å². The number of nitrogens with zero attached hydrogens (tertiary/aromatic N) is 2. The molecule has 2 aromatic carbocycles. The van der Waals surface area contributed by atoms with E-state index in [0.29, 0.717) is 10.7 Å². The summed E-state index contributed by atoms with van der Waals surface area (Å²) in [6.45, 7) is 7.43. The monoisotopic (exact) mass is 397 g/mol. The second kappa shape index (κ2) is 9.55. The van der Waals surface area contributed by atoms with Crippen LogP contribution in [0.5, 0.6) is 5.75 Å². The van der Waals surface area contributed by atoms with Crippen LogP contribution in [0.2, 0.25) is 0 Å². The van der Waals surface area contributed by atoms with Crippen molar-refractivity contribution >= 4 is 28.9 Å². The van der Waals surface area contributed by atoms with Gasteiger partial charge in [-0.05, 0) is 62.0 Å². The van der Waals surface area contributed by atoms with Crippen LogP contribution in [0.4, 0.5) is 5.69 Å². The van der Waals surface area contributed by atoms with Gasteiger partial charge in [0, 0.05) is 37.4 Å². The number of thiocarbonyl (C=S) groups is 1. The number of carbonyl (C=O) groups excluding carboxylic acids is 1. The Morgan fingerprint density at radius 3 is 2.32 bits per heavy atom. The summed E-state index contributed by atoms with van der Waals surface area (Å²) < 4.78 is 5.75. The molecule has 28 heavy (non-hydrogen) atoms. The normalized spacial score (nSPS) is 15.1. The Kier molecular flexibility index (Phi) is 6.87. The van der Waals surface area contributed by atoms with Crippen LogP contribution in [-0.2, 0) is 0 Å². The molecule has 0 aromatic heterocycles. The van der Waals surface area contributed by atoms with Crippen LogP contribution >= 0.6 is 12.2 Å². The Hall–Kier alpha value is -2.60. The van der Waals surface area contributed by atoms with Gasteiger partial charge in [0.15, 0.2) is 5.11 Å². The van der Waals surface area contributed by atoms with Crippen molar-refractivity contribution in [2.75, 3.05) is 31.1 Å². The lowest BCUT2D eigenvalue weighted by atomic mass is 10.2. The van der Waals surface area contributed by atoms with Gasteiger partial charge in [-0.2, -0.15) is 0 Å². The lowest BCUT2D eigenvalue weighted by molar-refractivity contribution is 0.0973. The fourth-order valence-corrected chi connectivity index (χ4v) is 3.33. The zero-order chi connectivity index (χ0) is 19.9. The topological polar surface area (TPSA) is 44.8 Å². The third-order valence-electron chi connectivity index (χ3n) is 4.94. The summed E-state index contributed by atoms with van der Waals surface area (Å²) in [5, 5.41) is 3.33. The smallest absolute Gasteiger partial charge is 0.257 e. The predicted octanol–water partition coefficient (Wildman–Crippen LogP) is 3.70. The van der Waals surface area contributed by atoms with Crippen molar-refractivity contribution < 1.29 is 9.53 Å². The molecular formula is C22H27N3O2S. The molecule has 1 atom stereocenters. The first-order valence-corrected chi connectivity index (χ1v) is 10.1. The van der Waals surface area contributed by atoms with E-state index in [-0.39, 0.29) is 12.0 Å². The molecule has 0 saturated carbocycles. The first-order valence-electron chi connectivity index (χ1n) is 9.73. The number of piperazine rings is 1. The van der Waals surface area contributed by atoms with Crippen molar-refractivity contribution in [1.29, 1.82) is 0 Å². The van der Waals surface area contributed by atoms with Gasteiger partial charge in [0.1, 0.15) is 5.75 Å². The molecule has 0 bridgehead atoms. The van der Waals surface area contributed by atoms with E-state index in [0.717, 1.165) is 38.3 Å². The first-order chi connectivity index (χ1) is 13.6. The van der Waals surface area contributed by atoms with Gasteiger partial charge >= 0.3 is 0 Å². The van der Waals surface area contributed by atoms with Gasteiger partial charge in [-0.3, -0.25) is 10.1 Å². The summed E-state index contributed by atoms with van der Waals surface area (Å²) in [6.07, 6.45) is 1.09. The number of rotatable bonds is 5. The van der Waals surface area contributed by atoms with Crippen molar-refractivity contribution in [3.05, 3.63) is 60.2 Å². The molecular weight excluding hydrogens is 370 g/mol. The van der Waals surface area contributed by atoms with Gasteiger partial charge in [0.05, 0.1) is 6.10 Å². The summed E-state index contributed by atoms with van der Waals surface area (Å²) in [7, 11) is 0. The molecule has 0 radical (unpaired) electrons. The van der Waals surface area contributed by atoms with Crippen molar-refractivity contribution in [3.63, 3.8) is 0 Å². The largest absolute Gasteiger partial charge is 0.491 e. The van der Waals surface area contributed by atoms with Crippen LogP contribution in [0.25, 0.3) is 0 Å². The van der Waals surface area contributed by atoms with Crippen molar-refractivity contribution in [2.45, 2.75) is 26.4 Å². The Morgan fingerprint density at radius 2 is 1.71 bits per heavy atom. The van der Waals surface area contributed by atoms with Crippen LogP contribution in [0.15, 0.2) is 54.6 Å². The highest BCUT2D eigenvalue weighted by atomic mass is 32.1. The molecule has 1 fully saturated rings. The summed E-state index contributed by atoms with van der Waals surface area (Å²) in [6, 6.07) is 17.5. The minimum absolute atomic E-state index is 0.154. The summed E-state index contributed by atoms with van der Waals surface area (Å²) in [5.41, 5.74) is 1.79. The van der Waals surface area contributed by atoms with Crippen molar-refractivity contribution in [1.82, 2.24) is 10.2 Å². The SMILES string of the molecule is CCC(C)Oc1ccc(C(=O)NC(=S)N2CCN(c3ccccc3)CC2)cc1. The molecule has 6 heteroatoms. The van der Waals surface area contributed by atoms with E-state index in [1.807, 2.05) is 42.2 Å². The van der Waals surface area contributed by atoms with Gasteiger partial charge in [0.2, 0.25) is 0 Å². The van der Waals surface area contributed by atoms with Crippen LogP contribution in [0.1, 0.15) is 30.6 Å². The molecule has 5 nitrogen and oxygen atoms in total. The summed E-state index contributed by atoms with van der Waals surface area (Å²) in [5.74, 6) is 0.580. The number of hydrogen-bond acceptors (Lipinski definition) is 4. The lowest BCUT2D eigenvalue weighted by Gasteiger charge is -2.37. The number of para-hydroxylation sites is 1. The molecule has 1 aliphatic heterocycles. The maximum absolute atomic E-state index is 12.5. The number of amides is 1. The molecule has 1 saturated heterocycles. The standard InChI is InChI=1S/C22H27N3O2S/c1-3-17(2)27-20-11-9-18(10-12-20)21(26)23-22(28)25-15-13-24(14-16-25)19-7-5-4-6-8-19/h4-12,17H,3,13-16H2,1-2H3,(H,23,26,28). The van der Waals surface area contributed by atoms with E-state index >= 15 is 0 Å². The molecule has 3 rings (SSSR count). The maximum atomic E-state index is 12.5. The van der Waals surface area contributed by atoms with E-state index in [1.165, 1.54) is 5.69 Å². The average molecular weight is 398 g/mol. The highest BCUT2D eigenvalue weighted by Crippen LogP contribution is 2.17. The molecule has 1 N–H and O–H groups in total. The van der Waals surface area contributed by atoms with Crippen LogP contribution in [0.3, 0.4) is 0 Å². The van der Waals surface area contributed by atoms with Crippen molar-refractivity contribution in [3.8, 4) is 5.75 Å². The number of ether oxygens (including phenoxy) is 1. The number of hydrogen-bond donors (Lipinski definition) is 1. The molecule has 1 heterocycles. The number of anilines is 1. The zero-order valence-corrected chi connectivity index (χ0v) is 17.2. The molecule has 1 unspecified atom stereocenters. The minimum Gasteiger partial charge on any atom is -0.491 e. The fourth-order valence-electron chi connectivity index (χ4n) is 3.06. The van der Waals surface area contributed by atoms with Crippen molar-refractivity contribution in [2.24, 2.45) is 0 Å². The predicted molar refractivity (Wildman–Crippen MR) is 117 cm³/mol. The number of carbonyl (C=O) groups is 1. The van der Waals surface area contributed by atoms with Gasteiger partial charge in [-0.15, -0.1) is 0 Å². The minimum atomic E-state index is -0.189. The Balaban J connectivity index is 1.50. The Bertz CT molecular complexity index is 787. The van der Waals surface area contributed by atoms with Crippen LogP contribution in [-0.4, -0.2) is 48.2 Å². The molecule has 0 spiro atoms. The summed E-state index contributed by atoms with van der Waals surface area (Å²) in [4.78, 5) is 16.9. The number of benzene rings is 2. The van der Waals surface area contributed by atoms with E-state index < -0.39 is 0 Å². The fraction of sp³-hybridized carbons (Fsp3) is 0.364. The second-order valence-electron chi connectivity index (χ2n) is 6.93. The third-order valence-corrected chi connectivity index (χ3v) is 5.30. The van der Waals surface area contributed by atoms with E-state index in [9.17, 15) is 4.79 Å². The molecule has 148 valence electrons. The highest BCUT2D eigenvalue weighted by molar-refractivity contribution is 7.80. The highest BCUT2D eigenvalue weighted by Gasteiger charge is 2.20.